The van der Waals surface area contributed by atoms with Crippen LogP contribution in [0.5, 0.6) is 0 Å². The van der Waals surface area contributed by atoms with Crippen LogP contribution in [-0.2, 0) is 21.4 Å². The van der Waals surface area contributed by atoms with Crippen LogP contribution in [-0.4, -0.2) is 27.8 Å². The number of ether oxygens (including phenoxy) is 1. The van der Waals surface area contributed by atoms with Crippen molar-refractivity contribution in [1.29, 1.82) is 0 Å². The van der Waals surface area contributed by atoms with Crippen molar-refractivity contribution in [2.45, 2.75) is 26.9 Å². The number of anilines is 1. The highest BCUT2D eigenvalue weighted by molar-refractivity contribution is 5.97. The van der Waals surface area contributed by atoms with Crippen LogP contribution < -0.4 is 5.32 Å². The fraction of sp³-hybridized carbons (Fsp3) is 0.278. The average molecular weight is 345 g/mol. The van der Waals surface area contributed by atoms with Gasteiger partial charge in [0.05, 0.1) is 17.1 Å². The largest absolute Gasteiger partial charge is 0.449 e. The summed E-state index contributed by atoms with van der Waals surface area (Å²) >= 11 is 0. The number of amides is 1. The van der Waals surface area contributed by atoms with Crippen molar-refractivity contribution in [3.05, 3.63) is 53.1 Å². The minimum Gasteiger partial charge on any atom is -0.449 e. The van der Waals surface area contributed by atoms with Gasteiger partial charge in [0.2, 0.25) is 0 Å². The molecule has 0 fully saturated rings. The smallest absolute Gasteiger partial charge is 0.331 e. The highest BCUT2D eigenvalue weighted by Gasteiger charge is 2.20. The van der Waals surface area contributed by atoms with E-state index in [0.29, 0.717) is 16.9 Å². The summed E-state index contributed by atoms with van der Waals surface area (Å²) in [6, 6.07) is 5.78. The molecule has 1 N–H and O–H groups in total. The van der Waals surface area contributed by atoms with Crippen LogP contribution in [0.25, 0.3) is 6.08 Å². The third-order valence-electron chi connectivity index (χ3n) is 3.68. The van der Waals surface area contributed by atoms with Crippen LogP contribution in [0.1, 0.15) is 23.9 Å². The number of carbonyl (C=O) groups excluding carboxylic acids is 2. The van der Waals surface area contributed by atoms with E-state index >= 15 is 0 Å². The maximum absolute atomic E-state index is 13.1. The maximum Gasteiger partial charge on any atom is 0.331 e. The van der Waals surface area contributed by atoms with Gasteiger partial charge in [-0.1, -0.05) is 12.1 Å². The lowest BCUT2D eigenvalue weighted by molar-refractivity contribution is -0.148. The van der Waals surface area contributed by atoms with Gasteiger partial charge in [-0.25, -0.2) is 9.18 Å². The number of nitrogens with zero attached hydrogens (tertiary/aromatic N) is 2. The fourth-order valence-corrected chi connectivity index (χ4v) is 2.22. The number of halogens is 1. The van der Waals surface area contributed by atoms with Crippen molar-refractivity contribution in [2.75, 3.05) is 5.32 Å². The van der Waals surface area contributed by atoms with E-state index in [9.17, 15) is 14.0 Å². The molecule has 0 radical (unpaired) electrons. The SMILES string of the molecule is Cc1nn(C)c(C)c1NC(=O)[C@H](C)OC(=O)/C=C/c1cccc(F)c1. The van der Waals surface area contributed by atoms with Gasteiger partial charge in [0.15, 0.2) is 6.10 Å². The van der Waals surface area contributed by atoms with E-state index in [2.05, 4.69) is 10.4 Å². The minimum atomic E-state index is -0.983. The molecule has 0 bridgehead atoms. The summed E-state index contributed by atoms with van der Waals surface area (Å²) in [6.07, 6.45) is 1.59. The molecule has 0 spiro atoms. The molecule has 2 rings (SSSR count). The summed E-state index contributed by atoms with van der Waals surface area (Å²) in [7, 11) is 1.78. The monoisotopic (exact) mass is 345 g/mol. The molecule has 1 aromatic carbocycles. The van der Waals surface area contributed by atoms with Gasteiger partial charge in [0.1, 0.15) is 5.82 Å². The first-order chi connectivity index (χ1) is 11.8. The number of rotatable bonds is 5. The first kappa shape index (κ1) is 18.4. The van der Waals surface area contributed by atoms with Gasteiger partial charge in [-0.15, -0.1) is 0 Å². The average Bonchev–Trinajstić information content (AvgIpc) is 2.79. The summed E-state index contributed by atoms with van der Waals surface area (Å²) in [6.45, 7) is 5.08. The van der Waals surface area contributed by atoms with Gasteiger partial charge in [0, 0.05) is 13.1 Å². The van der Waals surface area contributed by atoms with Crippen LogP contribution in [0, 0.1) is 19.7 Å². The molecular weight excluding hydrogens is 325 g/mol. The Bertz CT molecular complexity index is 827. The molecule has 1 aromatic heterocycles. The second-order valence-corrected chi connectivity index (χ2v) is 5.63. The number of esters is 1. The van der Waals surface area contributed by atoms with E-state index in [-0.39, 0.29) is 0 Å². The zero-order valence-corrected chi connectivity index (χ0v) is 14.5. The van der Waals surface area contributed by atoms with Gasteiger partial charge in [-0.2, -0.15) is 5.10 Å². The van der Waals surface area contributed by atoms with Gasteiger partial charge in [-0.05, 0) is 44.5 Å². The Morgan fingerprint density at radius 1 is 1.36 bits per heavy atom. The number of aromatic nitrogens is 2. The van der Waals surface area contributed by atoms with Crippen LogP contribution >= 0.6 is 0 Å². The van der Waals surface area contributed by atoms with Crippen molar-refractivity contribution < 1.29 is 18.7 Å². The van der Waals surface area contributed by atoms with E-state index in [1.165, 1.54) is 31.2 Å². The molecule has 0 saturated carbocycles. The van der Waals surface area contributed by atoms with Crippen LogP contribution in [0.4, 0.5) is 10.1 Å². The van der Waals surface area contributed by atoms with Gasteiger partial charge in [-0.3, -0.25) is 9.48 Å². The molecule has 0 saturated heterocycles. The Balaban J connectivity index is 1.95. The lowest BCUT2D eigenvalue weighted by Gasteiger charge is -2.12. The topological polar surface area (TPSA) is 73.2 Å². The predicted octanol–water partition coefficient (Wildman–Crippen LogP) is 2.76. The Labute approximate surface area is 145 Å². The lowest BCUT2D eigenvalue weighted by Crippen LogP contribution is -2.29. The highest BCUT2D eigenvalue weighted by Crippen LogP contribution is 2.18. The van der Waals surface area contributed by atoms with Crippen molar-refractivity contribution >= 4 is 23.6 Å². The Hall–Kier alpha value is -2.96. The second kappa shape index (κ2) is 7.74. The highest BCUT2D eigenvalue weighted by atomic mass is 19.1. The first-order valence-corrected chi connectivity index (χ1v) is 7.73. The minimum absolute atomic E-state index is 0.398. The van der Waals surface area contributed by atoms with Crippen LogP contribution in [0.15, 0.2) is 30.3 Å². The first-order valence-electron chi connectivity index (χ1n) is 7.73. The van der Waals surface area contributed by atoms with Gasteiger partial charge < -0.3 is 10.1 Å². The van der Waals surface area contributed by atoms with Gasteiger partial charge in [0.25, 0.3) is 5.91 Å². The van der Waals surface area contributed by atoms with Crippen molar-refractivity contribution in [3.8, 4) is 0 Å². The number of carbonyl (C=O) groups is 2. The number of hydrogen-bond acceptors (Lipinski definition) is 4. The van der Waals surface area contributed by atoms with Crippen molar-refractivity contribution in [3.63, 3.8) is 0 Å². The second-order valence-electron chi connectivity index (χ2n) is 5.63. The quantitative estimate of drug-likeness (QED) is 0.668. The zero-order chi connectivity index (χ0) is 18.6. The van der Waals surface area contributed by atoms with E-state index in [0.717, 1.165) is 11.8 Å². The summed E-state index contributed by atoms with van der Waals surface area (Å²) in [4.78, 5) is 24.0. The zero-order valence-electron chi connectivity index (χ0n) is 14.5. The van der Waals surface area contributed by atoms with E-state index in [1.807, 2.05) is 6.92 Å². The molecule has 2 aromatic rings. The Morgan fingerprint density at radius 2 is 2.08 bits per heavy atom. The standard InChI is InChI=1S/C18H20FN3O3/c1-11-17(12(2)22(4)21-11)20-18(24)13(3)25-16(23)9-8-14-6-5-7-15(19)10-14/h5-10,13H,1-4H3,(H,20,24)/b9-8+/t13-/m0/s1. The maximum atomic E-state index is 13.1. The number of nitrogens with one attached hydrogen (secondary N) is 1. The normalized spacial score (nSPS) is 12.2. The molecule has 1 heterocycles. The Kier molecular flexibility index (Phi) is 5.69. The molecule has 1 amide bonds. The molecule has 0 aliphatic heterocycles. The summed E-state index contributed by atoms with van der Waals surface area (Å²) in [5.74, 6) is -1.54. The van der Waals surface area contributed by atoms with Crippen LogP contribution in [0.2, 0.25) is 0 Å². The Morgan fingerprint density at radius 3 is 2.68 bits per heavy atom. The molecule has 6 nitrogen and oxygen atoms in total. The molecule has 0 aliphatic carbocycles. The molecule has 1 atom stereocenters. The number of hydrogen-bond donors (Lipinski definition) is 1. The van der Waals surface area contributed by atoms with Crippen molar-refractivity contribution in [1.82, 2.24) is 9.78 Å². The molecule has 7 heteroatoms. The third kappa shape index (κ3) is 4.76. The predicted molar refractivity (Wildman–Crippen MR) is 92.3 cm³/mol. The van der Waals surface area contributed by atoms with Crippen LogP contribution in [0.3, 0.4) is 0 Å². The molecule has 132 valence electrons. The number of aryl methyl sites for hydroxylation is 2. The lowest BCUT2D eigenvalue weighted by atomic mass is 10.2. The fourth-order valence-electron chi connectivity index (χ4n) is 2.22. The van der Waals surface area contributed by atoms with E-state index in [4.69, 9.17) is 4.74 Å². The summed E-state index contributed by atoms with van der Waals surface area (Å²) in [5.41, 5.74) is 2.61. The van der Waals surface area contributed by atoms with Gasteiger partial charge >= 0.3 is 5.97 Å². The van der Waals surface area contributed by atoms with E-state index in [1.54, 1.807) is 24.7 Å². The number of benzene rings is 1. The summed E-state index contributed by atoms with van der Waals surface area (Å²) in [5, 5.41) is 6.92. The molecular formula is C18H20FN3O3. The van der Waals surface area contributed by atoms with E-state index < -0.39 is 23.8 Å². The third-order valence-corrected chi connectivity index (χ3v) is 3.68. The summed E-state index contributed by atoms with van der Waals surface area (Å²) < 4.78 is 19.8. The molecule has 0 unspecified atom stereocenters. The molecule has 0 aliphatic rings. The molecule has 25 heavy (non-hydrogen) atoms. The van der Waals surface area contributed by atoms with Crippen molar-refractivity contribution in [2.24, 2.45) is 7.05 Å².